The summed E-state index contributed by atoms with van der Waals surface area (Å²) in [5.74, 6) is 0.113. The lowest BCUT2D eigenvalue weighted by atomic mass is 9.91. The average Bonchev–Trinajstić information content (AvgIpc) is 2.29. The predicted octanol–water partition coefficient (Wildman–Crippen LogP) is 2.46. The number of hydrogen-bond acceptors (Lipinski definition) is 3. The minimum Gasteiger partial charge on any atom is -0.485 e. The van der Waals surface area contributed by atoms with Crippen molar-refractivity contribution in [3.05, 3.63) is 23.8 Å². The molecule has 5 heteroatoms. The molecule has 0 spiro atoms. The summed E-state index contributed by atoms with van der Waals surface area (Å²) in [5.41, 5.74) is 0.778. The fourth-order valence-electron chi connectivity index (χ4n) is 2.11. The topological polar surface area (TPSA) is 58.6 Å². The second kappa shape index (κ2) is 4.78. The van der Waals surface area contributed by atoms with Crippen LogP contribution in [0.5, 0.6) is 5.75 Å². The van der Waals surface area contributed by atoms with Crippen LogP contribution in [0.1, 0.15) is 31.9 Å². The highest BCUT2D eigenvalue weighted by Crippen LogP contribution is 2.43. The highest BCUT2D eigenvalue weighted by Gasteiger charge is 2.34. The molecule has 2 N–H and O–H groups in total. The SMILES string of the molecule is CC1(C)CC(O)c2cccc(NC(=O)CCl)c2O1. The number of para-hydroxylation sites is 1. The van der Waals surface area contributed by atoms with E-state index in [4.69, 9.17) is 16.3 Å². The summed E-state index contributed by atoms with van der Waals surface area (Å²) in [6, 6.07) is 5.30. The van der Waals surface area contributed by atoms with Crippen molar-refractivity contribution >= 4 is 23.2 Å². The van der Waals surface area contributed by atoms with Gasteiger partial charge < -0.3 is 15.2 Å². The van der Waals surface area contributed by atoms with Crippen LogP contribution < -0.4 is 10.1 Å². The first-order valence-corrected chi connectivity index (χ1v) is 6.32. The van der Waals surface area contributed by atoms with E-state index in [1.807, 2.05) is 13.8 Å². The minimum atomic E-state index is -0.586. The van der Waals surface area contributed by atoms with E-state index in [-0.39, 0.29) is 11.8 Å². The molecule has 1 aliphatic heterocycles. The molecule has 1 amide bonds. The zero-order valence-corrected chi connectivity index (χ0v) is 11.1. The molecule has 0 fully saturated rings. The lowest BCUT2D eigenvalue weighted by molar-refractivity contribution is -0.114. The molecule has 0 aromatic heterocycles. The smallest absolute Gasteiger partial charge is 0.239 e. The van der Waals surface area contributed by atoms with Gasteiger partial charge in [-0.25, -0.2) is 0 Å². The summed E-state index contributed by atoms with van der Waals surface area (Å²) in [4.78, 5) is 11.3. The summed E-state index contributed by atoms with van der Waals surface area (Å²) in [5, 5.41) is 12.8. The van der Waals surface area contributed by atoms with Gasteiger partial charge >= 0.3 is 0 Å². The number of halogens is 1. The Labute approximate surface area is 111 Å². The van der Waals surface area contributed by atoms with E-state index < -0.39 is 11.7 Å². The van der Waals surface area contributed by atoms with Crippen molar-refractivity contribution in [3.8, 4) is 5.75 Å². The average molecular weight is 270 g/mol. The van der Waals surface area contributed by atoms with Crippen LogP contribution in [0.3, 0.4) is 0 Å². The fraction of sp³-hybridized carbons (Fsp3) is 0.462. The number of ether oxygens (including phenoxy) is 1. The first-order chi connectivity index (χ1) is 8.43. The Kier molecular flexibility index (Phi) is 3.50. The molecule has 4 nitrogen and oxygen atoms in total. The second-order valence-corrected chi connectivity index (χ2v) is 5.25. The number of aliphatic hydroxyl groups excluding tert-OH is 1. The minimum absolute atomic E-state index is 0.115. The van der Waals surface area contributed by atoms with Crippen LogP contribution >= 0.6 is 11.6 Å². The van der Waals surface area contributed by atoms with Gasteiger partial charge in [0.25, 0.3) is 0 Å². The first-order valence-electron chi connectivity index (χ1n) is 5.79. The number of alkyl halides is 1. The molecule has 1 atom stereocenters. The Morgan fingerprint density at radius 3 is 3.00 bits per heavy atom. The van der Waals surface area contributed by atoms with Crippen molar-refractivity contribution in [1.82, 2.24) is 0 Å². The molecular weight excluding hydrogens is 254 g/mol. The van der Waals surface area contributed by atoms with Crippen molar-refractivity contribution in [3.63, 3.8) is 0 Å². The molecule has 2 rings (SSSR count). The van der Waals surface area contributed by atoms with Crippen molar-refractivity contribution in [2.24, 2.45) is 0 Å². The van der Waals surface area contributed by atoms with Crippen LogP contribution in [0.2, 0.25) is 0 Å². The summed E-state index contributed by atoms with van der Waals surface area (Å²) >= 11 is 5.47. The number of amides is 1. The van der Waals surface area contributed by atoms with Crippen LogP contribution in [0.25, 0.3) is 0 Å². The van der Waals surface area contributed by atoms with Crippen LogP contribution in [-0.2, 0) is 4.79 Å². The number of carbonyl (C=O) groups is 1. The Balaban J connectivity index is 2.39. The van der Waals surface area contributed by atoms with Gasteiger partial charge in [0.1, 0.15) is 17.2 Å². The maximum atomic E-state index is 11.3. The molecule has 0 aliphatic carbocycles. The predicted molar refractivity (Wildman–Crippen MR) is 70.1 cm³/mol. The van der Waals surface area contributed by atoms with Crippen molar-refractivity contribution in [2.75, 3.05) is 11.2 Å². The normalized spacial score (nSPS) is 20.8. The van der Waals surface area contributed by atoms with Crippen LogP contribution in [0.15, 0.2) is 18.2 Å². The van der Waals surface area contributed by atoms with E-state index in [2.05, 4.69) is 5.32 Å². The summed E-state index contributed by atoms with van der Waals surface area (Å²) < 4.78 is 5.85. The molecule has 0 saturated carbocycles. The second-order valence-electron chi connectivity index (χ2n) is 4.99. The quantitative estimate of drug-likeness (QED) is 0.811. The van der Waals surface area contributed by atoms with Gasteiger partial charge in [0.2, 0.25) is 5.91 Å². The highest BCUT2D eigenvalue weighted by atomic mass is 35.5. The van der Waals surface area contributed by atoms with Crippen LogP contribution in [0.4, 0.5) is 5.69 Å². The lowest BCUT2D eigenvalue weighted by Crippen LogP contribution is -2.35. The number of carbonyl (C=O) groups excluding carboxylic acids is 1. The van der Waals surface area contributed by atoms with E-state index in [1.54, 1.807) is 18.2 Å². The summed E-state index contributed by atoms with van der Waals surface area (Å²) in [7, 11) is 0. The molecule has 98 valence electrons. The van der Waals surface area contributed by atoms with Gasteiger partial charge in [0.15, 0.2) is 0 Å². The lowest BCUT2D eigenvalue weighted by Gasteiger charge is -2.36. The van der Waals surface area contributed by atoms with Gasteiger partial charge in [-0.3, -0.25) is 4.79 Å². The molecule has 1 aromatic carbocycles. The Hall–Kier alpha value is -1.26. The maximum absolute atomic E-state index is 11.3. The molecule has 1 unspecified atom stereocenters. The number of rotatable bonds is 2. The molecule has 1 aromatic rings. The zero-order chi connectivity index (χ0) is 13.3. The third-order valence-corrected chi connectivity index (χ3v) is 3.11. The van der Waals surface area contributed by atoms with Crippen molar-refractivity contribution in [1.29, 1.82) is 0 Å². The van der Waals surface area contributed by atoms with Crippen molar-refractivity contribution in [2.45, 2.75) is 32.0 Å². The zero-order valence-electron chi connectivity index (χ0n) is 10.4. The maximum Gasteiger partial charge on any atom is 0.239 e. The molecule has 0 saturated heterocycles. The molecule has 0 radical (unpaired) electrons. The Morgan fingerprint density at radius 1 is 1.61 bits per heavy atom. The van der Waals surface area contributed by atoms with Gasteiger partial charge in [-0.05, 0) is 19.9 Å². The highest BCUT2D eigenvalue weighted by molar-refractivity contribution is 6.29. The Morgan fingerprint density at radius 2 is 2.33 bits per heavy atom. The van der Waals surface area contributed by atoms with Gasteiger partial charge in [0, 0.05) is 12.0 Å². The number of hydrogen-bond donors (Lipinski definition) is 2. The van der Waals surface area contributed by atoms with Crippen LogP contribution in [0, 0.1) is 0 Å². The standard InChI is InChI=1S/C13H16ClNO3/c1-13(2)6-10(16)8-4-3-5-9(12(8)18-13)15-11(17)7-14/h3-5,10,16H,6-7H2,1-2H3,(H,15,17). The fourth-order valence-corrected chi connectivity index (χ4v) is 2.17. The third-order valence-electron chi connectivity index (χ3n) is 2.86. The van der Waals surface area contributed by atoms with Gasteiger partial charge in [-0.1, -0.05) is 12.1 Å². The number of fused-ring (bicyclic) bond motifs is 1. The Bertz CT molecular complexity index is 473. The van der Waals surface area contributed by atoms with E-state index in [0.717, 1.165) is 0 Å². The first kappa shape index (κ1) is 13.2. The third kappa shape index (κ3) is 2.60. The number of aliphatic hydroxyl groups is 1. The van der Waals surface area contributed by atoms with E-state index >= 15 is 0 Å². The monoisotopic (exact) mass is 269 g/mol. The molecular formula is C13H16ClNO3. The van der Waals surface area contributed by atoms with Gasteiger partial charge in [-0.2, -0.15) is 0 Å². The summed E-state index contributed by atoms with van der Waals surface area (Å²) in [6.07, 6.45) is -0.0657. The summed E-state index contributed by atoms with van der Waals surface area (Å²) in [6.45, 7) is 3.80. The number of anilines is 1. The molecule has 1 aliphatic rings. The van der Waals surface area contributed by atoms with Crippen molar-refractivity contribution < 1.29 is 14.6 Å². The molecule has 1 heterocycles. The van der Waals surface area contributed by atoms with Gasteiger partial charge in [0.05, 0.1) is 11.8 Å². The molecule has 18 heavy (non-hydrogen) atoms. The number of nitrogens with one attached hydrogen (secondary N) is 1. The van der Waals surface area contributed by atoms with E-state index in [0.29, 0.717) is 23.4 Å². The number of benzene rings is 1. The van der Waals surface area contributed by atoms with Gasteiger partial charge in [-0.15, -0.1) is 11.6 Å². The van der Waals surface area contributed by atoms with E-state index in [1.165, 1.54) is 0 Å². The molecule has 0 bridgehead atoms. The largest absolute Gasteiger partial charge is 0.485 e. The van der Waals surface area contributed by atoms with Crippen LogP contribution in [-0.4, -0.2) is 22.5 Å². The van der Waals surface area contributed by atoms with E-state index in [9.17, 15) is 9.90 Å².